The summed E-state index contributed by atoms with van der Waals surface area (Å²) in [5.41, 5.74) is -0.423. The lowest BCUT2D eigenvalue weighted by atomic mass is 9.95. The lowest BCUT2D eigenvalue weighted by Gasteiger charge is -2.38. The molecule has 2 aromatic heterocycles. The van der Waals surface area contributed by atoms with Crippen LogP contribution in [0.25, 0.3) is 11.2 Å². The number of halogens is 5. The van der Waals surface area contributed by atoms with Crippen LogP contribution in [-0.4, -0.2) is 77.5 Å². The predicted octanol–water partition coefficient (Wildman–Crippen LogP) is 3.88. The molecule has 1 aliphatic heterocycles. The maximum Gasteiger partial charge on any atom is 0.436 e. The summed E-state index contributed by atoms with van der Waals surface area (Å²) < 4.78 is 78.1. The van der Waals surface area contributed by atoms with Crippen LogP contribution in [0, 0.1) is 5.92 Å². The molecule has 3 rings (SSSR count). The second-order valence-corrected chi connectivity index (χ2v) is 7.71. The number of ether oxygens (including phenoxy) is 2. The fourth-order valence-corrected chi connectivity index (χ4v) is 3.90. The molecule has 1 aliphatic rings. The molecule has 0 amide bonds. The molecule has 188 valence electrons. The van der Waals surface area contributed by atoms with Gasteiger partial charge in [0.2, 0.25) is 0 Å². The third-order valence-corrected chi connectivity index (χ3v) is 5.47. The number of hydrogen-bond acceptors (Lipinski definition) is 7. The molecule has 3 heterocycles. The van der Waals surface area contributed by atoms with Gasteiger partial charge in [0.05, 0.1) is 25.1 Å². The number of methoxy groups -OCH3 is 1. The van der Waals surface area contributed by atoms with Crippen molar-refractivity contribution in [2.75, 3.05) is 38.3 Å². The third-order valence-electron chi connectivity index (χ3n) is 5.47. The Hall–Kier alpha value is -2.83. The lowest BCUT2D eigenvalue weighted by Crippen LogP contribution is -2.46. The topological polar surface area (TPSA) is 77.7 Å². The Bertz CT molecular complexity index is 1020. The summed E-state index contributed by atoms with van der Waals surface area (Å²) in [5, 5.41) is 3.92. The SMILES string of the molecule is C/C=C(/OCC1CN(c2cnc3cnn(CC(F)F)c3n2)CCC1OC)C(=NCC)C(F)(F)F. The zero-order valence-corrected chi connectivity index (χ0v) is 19.1. The monoisotopic (exact) mass is 490 g/mol. The Labute approximate surface area is 193 Å². The van der Waals surface area contributed by atoms with Crippen molar-refractivity contribution in [2.24, 2.45) is 10.9 Å². The number of nitrogens with zero attached hydrogens (tertiary/aromatic N) is 6. The van der Waals surface area contributed by atoms with E-state index in [1.54, 1.807) is 7.11 Å². The predicted molar refractivity (Wildman–Crippen MR) is 116 cm³/mol. The van der Waals surface area contributed by atoms with E-state index in [-0.39, 0.29) is 36.6 Å². The van der Waals surface area contributed by atoms with Crippen molar-refractivity contribution < 1.29 is 31.4 Å². The van der Waals surface area contributed by atoms with Gasteiger partial charge in [0, 0.05) is 32.7 Å². The fourth-order valence-electron chi connectivity index (χ4n) is 3.90. The molecular formula is C21H27F5N6O2. The summed E-state index contributed by atoms with van der Waals surface area (Å²) in [6, 6.07) is 0. The number of aliphatic imine (C=N–C) groups is 1. The summed E-state index contributed by atoms with van der Waals surface area (Å²) in [6.07, 6.45) is -2.76. The zero-order chi connectivity index (χ0) is 24.9. The normalized spacial score (nSPS) is 20.4. The van der Waals surface area contributed by atoms with Crippen molar-refractivity contribution in [1.82, 2.24) is 19.7 Å². The number of aromatic nitrogens is 4. The van der Waals surface area contributed by atoms with Crippen LogP contribution in [0.5, 0.6) is 0 Å². The Morgan fingerprint density at radius 3 is 2.71 bits per heavy atom. The van der Waals surface area contributed by atoms with Crippen molar-refractivity contribution in [3.05, 3.63) is 24.2 Å². The minimum atomic E-state index is -4.64. The molecule has 2 unspecified atom stereocenters. The Morgan fingerprint density at radius 1 is 1.32 bits per heavy atom. The molecule has 13 heteroatoms. The number of alkyl halides is 5. The molecule has 1 saturated heterocycles. The van der Waals surface area contributed by atoms with Crippen molar-refractivity contribution >= 4 is 22.7 Å². The standard InChI is InChI=1S/C21H27F5N6O2/c1-4-15(19(27-5-2)21(24,25)26)34-12-13-10-31(7-6-16(13)33-3)18-9-28-14-8-29-32(11-17(22)23)20(14)30-18/h4,8-9,13,16-17H,5-7,10-12H2,1-3H3/b15-4+,27-19?. The van der Waals surface area contributed by atoms with Crippen molar-refractivity contribution in [3.63, 3.8) is 0 Å². The fraction of sp³-hybridized carbons (Fsp3) is 0.619. The van der Waals surface area contributed by atoms with E-state index in [2.05, 4.69) is 20.1 Å². The van der Waals surface area contributed by atoms with Gasteiger partial charge in [-0.15, -0.1) is 0 Å². The van der Waals surface area contributed by atoms with Crippen LogP contribution in [0.15, 0.2) is 29.2 Å². The average Bonchev–Trinajstić information content (AvgIpc) is 3.19. The summed E-state index contributed by atoms with van der Waals surface area (Å²) >= 11 is 0. The van der Waals surface area contributed by atoms with Gasteiger partial charge in [-0.05, 0) is 26.3 Å². The minimum Gasteiger partial charge on any atom is -0.491 e. The molecular weight excluding hydrogens is 463 g/mol. The van der Waals surface area contributed by atoms with E-state index in [0.29, 0.717) is 30.8 Å². The van der Waals surface area contributed by atoms with E-state index in [0.717, 1.165) is 4.68 Å². The highest BCUT2D eigenvalue weighted by Crippen LogP contribution is 2.28. The molecule has 0 aromatic carbocycles. The van der Waals surface area contributed by atoms with Gasteiger partial charge in [-0.3, -0.25) is 4.99 Å². The molecule has 1 fully saturated rings. The smallest absolute Gasteiger partial charge is 0.436 e. The number of allylic oxidation sites excluding steroid dienone is 2. The number of rotatable bonds is 9. The van der Waals surface area contributed by atoms with Crippen LogP contribution in [0.2, 0.25) is 0 Å². The van der Waals surface area contributed by atoms with Gasteiger partial charge < -0.3 is 14.4 Å². The van der Waals surface area contributed by atoms with E-state index in [9.17, 15) is 22.0 Å². The summed E-state index contributed by atoms with van der Waals surface area (Å²) in [5.74, 6) is -0.162. The number of fused-ring (bicyclic) bond motifs is 1. The molecule has 8 nitrogen and oxygen atoms in total. The second-order valence-electron chi connectivity index (χ2n) is 7.71. The molecule has 0 bridgehead atoms. The van der Waals surface area contributed by atoms with Crippen molar-refractivity contribution in [3.8, 4) is 0 Å². The number of hydrogen-bond donors (Lipinski definition) is 0. The Balaban J connectivity index is 1.77. The highest BCUT2D eigenvalue weighted by atomic mass is 19.4. The molecule has 2 aromatic rings. The summed E-state index contributed by atoms with van der Waals surface area (Å²) in [4.78, 5) is 14.2. The molecule has 0 saturated carbocycles. The number of anilines is 1. The molecule has 0 aliphatic carbocycles. The van der Waals surface area contributed by atoms with Crippen molar-refractivity contribution in [1.29, 1.82) is 0 Å². The van der Waals surface area contributed by atoms with E-state index in [1.165, 1.54) is 32.3 Å². The van der Waals surface area contributed by atoms with Crippen LogP contribution in [0.1, 0.15) is 20.3 Å². The molecule has 34 heavy (non-hydrogen) atoms. The minimum absolute atomic E-state index is 0.0310. The maximum atomic E-state index is 13.4. The average molecular weight is 490 g/mol. The first-order chi connectivity index (χ1) is 16.2. The van der Waals surface area contributed by atoms with E-state index < -0.39 is 24.9 Å². The Morgan fingerprint density at radius 2 is 2.09 bits per heavy atom. The van der Waals surface area contributed by atoms with Gasteiger partial charge in [-0.25, -0.2) is 23.4 Å². The molecule has 0 spiro atoms. The highest BCUT2D eigenvalue weighted by Gasteiger charge is 2.39. The first kappa shape index (κ1) is 25.8. The van der Waals surface area contributed by atoms with E-state index in [1.807, 2.05) is 4.90 Å². The van der Waals surface area contributed by atoms with Gasteiger partial charge in [0.15, 0.2) is 11.4 Å². The van der Waals surface area contributed by atoms with Crippen LogP contribution >= 0.6 is 0 Å². The van der Waals surface area contributed by atoms with Gasteiger partial charge in [-0.1, -0.05) is 0 Å². The van der Waals surface area contributed by atoms with E-state index in [4.69, 9.17) is 9.47 Å². The van der Waals surface area contributed by atoms with Gasteiger partial charge >= 0.3 is 6.18 Å². The van der Waals surface area contributed by atoms with Crippen LogP contribution in [0.4, 0.5) is 27.8 Å². The quantitative estimate of drug-likeness (QED) is 0.302. The van der Waals surface area contributed by atoms with Gasteiger partial charge in [-0.2, -0.15) is 18.3 Å². The van der Waals surface area contributed by atoms with Crippen LogP contribution in [0.3, 0.4) is 0 Å². The summed E-state index contributed by atoms with van der Waals surface area (Å²) in [6.45, 7) is 3.22. The van der Waals surface area contributed by atoms with Crippen LogP contribution < -0.4 is 4.90 Å². The van der Waals surface area contributed by atoms with Gasteiger partial charge in [0.1, 0.15) is 23.6 Å². The van der Waals surface area contributed by atoms with E-state index >= 15 is 0 Å². The first-order valence-corrected chi connectivity index (χ1v) is 10.8. The first-order valence-electron chi connectivity index (χ1n) is 10.8. The molecule has 2 atom stereocenters. The largest absolute Gasteiger partial charge is 0.491 e. The maximum absolute atomic E-state index is 13.4. The second kappa shape index (κ2) is 11.1. The van der Waals surface area contributed by atoms with Crippen LogP contribution in [-0.2, 0) is 16.0 Å². The number of piperidine rings is 1. The zero-order valence-electron chi connectivity index (χ0n) is 19.1. The lowest BCUT2D eigenvalue weighted by molar-refractivity contribution is -0.0618. The molecule has 0 radical (unpaired) electrons. The molecule has 0 N–H and O–H groups in total. The highest BCUT2D eigenvalue weighted by molar-refractivity contribution is 6.02. The van der Waals surface area contributed by atoms with Crippen molar-refractivity contribution in [2.45, 2.75) is 45.5 Å². The third kappa shape index (κ3) is 5.99. The van der Waals surface area contributed by atoms with Gasteiger partial charge in [0.25, 0.3) is 6.43 Å². The Kier molecular flexibility index (Phi) is 8.39. The summed E-state index contributed by atoms with van der Waals surface area (Å²) in [7, 11) is 1.54.